The van der Waals surface area contributed by atoms with Crippen LogP contribution >= 0.6 is 0 Å². The van der Waals surface area contributed by atoms with Gasteiger partial charge in [0.2, 0.25) is 15.9 Å². The molecule has 1 aromatic carbocycles. The van der Waals surface area contributed by atoms with Crippen molar-refractivity contribution in [2.24, 2.45) is 0 Å². The number of benzene rings is 1. The summed E-state index contributed by atoms with van der Waals surface area (Å²) in [4.78, 5) is 10.5. The molecule has 0 bridgehead atoms. The molecule has 0 spiro atoms. The fourth-order valence-corrected chi connectivity index (χ4v) is 2.27. The first-order valence-corrected chi connectivity index (χ1v) is 6.64. The molecule has 0 unspecified atom stereocenters. The summed E-state index contributed by atoms with van der Waals surface area (Å²) >= 11 is 0. The Bertz CT molecular complexity index is 542. The summed E-state index contributed by atoms with van der Waals surface area (Å²) in [6, 6.07) is 3.61. The fraction of sp³-hybridized carbons (Fsp3) is 0.300. The molecule has 0 aliphatic heterocycles. The molecule has 1 aromatic rings. The minimum Gasteiger partial charge on any atom is -0.506 e. The number of phenols is 1. The number of nitrogens with one attached hydrogen (secondary N) is 2. The first kappa shape index (κ1) is 14.3. The summed E-state index contributed by atoms with van der Waals surface area (Å²) < 4.78 is 25.9. The van der Waals surface area contributed by atoms with E-state index >= 15 is 0 Å². The van der Waals surface area contributed by atoms with Crippen LogP contribution in [0, 0.1) is 0 Å². The number of carbonyl (C=O) groups excluding carboxylic acids is 1. The van der Waals surface area contributed by atoms with Crippen molar-refractivity contribution in [2.75, 3.05) is 18.8 Å². The van der Waals surface area contributed by atoms with Crippen LogP contribution in [0.4, 0.5) is 5.69 Å². The van der Waals surface area contributed by atoms with Crippen LogP contribution < -0.4 is 15.8 Å². The van der Waals surface area contributed by atoms with Gasteiger partial charge in [0.25, 0.3) is 0 Å². The molecule has 1 rings (SSSR count). The third-order valence-corrected chi connectivity index (χ3v) is 3.56. The molecule has 100 valence electrons. The molecule has 5 N–H and O–H groups in total. The van der Waals surface area contributed by atoms with Crippen LogP contribution in [0.15, 0.2) is 23.1 Å². The smallest absolute Gasteiger partial charge is 0.240 e. The Morgan fingerprint density at radius 2 is 2.06 bits per heavy atom. The Morgan fingerprint density at radius 1 is 1.39 bits per heavy atom. The summed E-state index contributed by atoms with van der Waals surface area (Å²) in [5.74, 6) is -0.407. The minimum atomic E-state index is -3.69. The third-order valence-electron chi connectivity index (χ3n) is 2.10. The maximum Gasteiger partial charge on any atom is 0.240 e. The summed E-state index contributed by atoms with van der Waals surface area (Å²) in [6.45, 7) is 1.61. The number of hydrogen-bond acceptors (Lipinski definition) is 5. The molecule has 0 fully saturated rings. The van der Waals surface area contributed by atoms with Crippen LogP contribution in [-0.4, -0.2) is 32.5 Å². The lowest BCUT2D eigenvalue weighted by Crippen LogP contribution is -2.33. The number of sulfonamides is 1. The van der Waals surface area contributed by atoms with E-state index in [1.54, 1.807) is 0 Å². The van der Waals surface area contributed by atoms with Crippen LogP contribution in [0.25, 0.3) is 0 Å². The lowest BCUT2D eigenvalue weighted by atomic mass is 10.3. The van der Waals surface area contributed by atoms with Gasteiger partial charge in [-0.1, -0.05) is 0 Å². The van der Waals surface area contributed by atoms with E-state index in [-0.39, 0.29) is 35.3 Å². The van der Waals surface area contributed by atoms with E-state index in [1.807, 2.05) is 0 Å². The monoisotopic (exact) mass is 273 g/mol. The van der Waals surface area contributed by atoms with Crippen LogP contribution in [0.3, 0.4) is 0 Å². The number of nitrogen functional groups attached to an aromatic ring is 1. The highest BCUT2D eigenvalue weighted by Gasteiger charge is 2.14. The molecule has 0 heterocycles. The van der Waals surface area contributed by atoms with Crippen LogP contribution in [0.5, 0.6) is 5.75 Å². The molecule has 0 radical (unpaired) electrons. The van der Waals surface area contributed by atoms with Crippen molar-refractivity contribution in [1.29, 1.82) is 0 Å². The van der Waals surface area contributed by atoms with Crippen molar-refractivity contribution in [3.63, 3.8) is 0 Å². The van der Waals surface area contributed by atoms with Gasteiger partial charge in [0.15, 0.2) is 0 Å². The van der Waals surface area contributed by atoms with Crippen molar-refractivity contribution in [1.82, 2.24) is 10.0 Å². The van der Waals surface area contributed by atoms with Gasteiger partial charge < -0.3 is 16.2 Å². The van der Waals surface area contributed by atoms with E-state index in [9.17, 15) is 18.3 Å². The van der Waals surface area contributed by atoms with Gasteiger partial charge in [-0.25, -0.2) is 13.1 Å². The zero-order valence-electron chi connectivity index (χ0n) is 9.80. The second kappa shape index (κ2) is 5.69. The summed E-state index contributed by atoms with van der Waals surface area (Å²) in [7, 11) is -3.69. The number of nitrogens with two attached hydrogens (primary N) is 1. The number of aromatic hydroxyl groups is 1. The van der Waals surface area contributed by atoms with Crippen LogP contribution in [-0.2, 0) is 14.8 Å². The van der Waals surface area contributed by atoms with Crippen molar-refractivity contribution >= 4 is 21.6 Å². The summed E-state index contributed by atoms with van der Waals surface area (Å²) in [5.41, 5.74) is 5.40. The van der Waals surface area contributed by atoms with Gasteiger partial charge in [-0.05, 0) is 18.2 Å². The molecule has 0 aromatic heterocycles. The first-order chi connectivity index (χ1) is 8.33. The number of phenolic OH excluding ortho intramolecular Hbond substituents is 1. The van der Waals surface area contributed by atoms with Gasteiger partial charge in [-0.2, -0.15) is 0 Å². The Labute approximate surface area is 105 Å². The van der Waals surface area contributed by atoms with Gasteiger partial charge in [-0.15, -0.1) is 0 Å². The largest absolute Gasteiger partial charge is 0.506 e. The van der Waals surface area contributed by atoms with E-state index in [1.165, 1.54) is 19.1 Å². The zero-order valence-corrected chi connectivity index (χ0v) is 10.6. The standard InChI is InChI=1S/C10H15N3O4S/c1-7(14)12-4-5-13-18(16,17)8-2-3-10(15)9(11)6-8/h2-3,6,13,15H,4-5,11H2,1H3,(H,12,14). The topological polar surface area (TPSA) is 122 Å². The second-order valence-electron chi connectivity index (χ2n) is 3.60. The van der Waals surface area contributed by atoms with E-state index in [0.717, 1.165) is 6.07 Å². The van der Waals surface area contributed by atoms with Gasteiger partial charge in [0.05, 0.1) is 10.6 Å². The molecule has 1 amide bonds. The SMILES string of the molecule is CC(=O)NCCNS(=O)(=O)c1ccc(O)c(N)c1. The van der Waals surface area contributed by atoms with E-state index in [4.69, 9.17) is 5.73 Å². The van der Waals surface area contributed by atoms with Crippen molar-refractivity contribution in [3.8, 4) is 5.75 Å². The number of rotatable bonds is 5. The maximum absolute atomic E-state index is 11.8. The maximum atomic E-state index is 11.8. The third kappa shape index (κ3) is 3.90. The molecular formula is C10H15N3O4S. The highest BCUT2D eigenvalue weighted by Crippen LogP contribution is 2.22. The molecule has 18 heavy (non-hydrogen) atoms. The molecule has 7 nitrogen and oxygen atoms in total. The van der Waals surface area contributed by atoms with Crippen molar-refractivity contribution in [3.05, 3.63) is 18.2 Å². The quantitative estimate of drug-likeness (QED) is 0.324. The second-order valence-corrected chi connectivity index (χ2v) is 5.37. The number of carbonyl (C=O) groups is 1. The predicted octanol–water partition coefficient (Wildman–Crippen LogP) is -0.611. The first-order valence-electron chi connectivity index (χ1n) is 5.15. The Morgan fingerprint density at radius 3 is 2.61 bits per heavy atom. The predicted molar refractivity (Wildman–Crippen MR) is 66.4 cm³/mol. The Hall–Kier alpha value is -1.80. The molecule has 0 aliphatic rings. The molecule has 0 aliphatic carbocycles. The minimum absolute atomic E-state index is 0.0141. The Kier molecular flexibility index (Phi) is 4.51. The molecule has 8 heteroatoms. The van der Waals surface area contributed by atoms with Gasteiger partial charge >= 0.3 is 0 Å². The Balaban J connectivity index is 2.68. The molecule has 0 atom stereocenters. The summed E-state index contributed by atoms with van der Waals surface area (Å²) in [6.07, 6.45) is 0. The van der Waals surface area contributed by atoms with Crippen molar-refractivity contribution < 1.29 is 18.3 Å². The summed E-state index contributed by atoms with van der Waals surface area (Å²) in [5, 5.41) is 11.7. The van der Waals surface area contributed by atoms with Gasteiger partial charge in [0.1, 0.15) is 5.75 Å². The highest BCUT2D eigenvalue weighted by molar-refractivity contribution is 7.89. The van der Waals surface area contributed by atoms with Gasteiger partial charge in [0, 0.05) is 20.0 Å². The molecular weight excluding hydrogens is 258 g/mol. The van der Waals surface area contributed by atoms with E-state index in [0.29, 0.717) is 0 Å². The van der Waals surface area contributed by atoms with Gasteiger partial charge in [-0.3, -0.25) is 4.79 Å². The number of anilines is 1. The highest BCUT2D eigenvalue weighted by atomic mass is 32.2. The normalized spacial score (nSPS) is 11.2. The number of amides is 1. The van der Waals surface area contributed by atoms with Crippen molar-refractivity contribution in [2.45, 2.75) is 11.8 Å². The van der Waals surface area contributed by atoms with Crippen LogP contribution in [0.2, 0.25) is 0 Å². The zero-order chi connectivity index (χ0) is 13.8. The van der Waals surface area contributed by atoms with E-state index in [2.05, 4.69) is 10.0 Å². The lowest BCUT2D eigenvalue weighted by Gasteiger charge is -2.08. The average Bonchev–Trinajstić information content (AvgIpc) is 2.28. The van der Waals surface area contributed by atoms with E-state index < -0.39 is 10.0 Å². The van der Waals surface area contributed by atoms with Crippen LogP contribution in [0.1, 0.15) is 6.92 Å². The number of hydrogen-bond donors (Lipinski definition) is 4. The fourth-order valence-electron chi connectivity index (χ4n) is 1.21. The lowest BCUT2D eigenvalue weighted by molar-refractivity contribution is -0.118. The molecule has 0 saturated carbocycles. The molecule has 0 saturated heterocycles. The average molecular weight is 273 g/mol.